The van der Waals surface area contributed by atoms with Gasteiger partial charge in [0.15, 0.2) is 11.6 Å². The standard InChI is InChI=1S/C21H17F8N5O2S/c1-12(16-17(31-8-7-30-16)18-32-9-14(10-33-18)36-11-15(22)23)37(20(24,25)26,21(27,28)29)34-19(35)13-5-3-2-4-6-13/h2-10,12,15H,11H2,1H3,(H,34,35). The van der Waals surface area contributed by atoms with E-state index in [2.05, 4.69) is 19.9 Å². The van der Waals surface area contributed by atoms with Crippen molar-refractivity contribution in [2.45, 2.75) is 29.6 Å². The second kappa shape index (κ2) is 10.8. The summed E-state index contributed by atoms with van der Waals surface area (Å²) in [7, 11) is -6.03. The second-order valence-corrected chi connectivity index (χ2v) is 10.4. The zero-order valence-corrected chi connectivity index (χ0v) is 19.4. The molecular formula is C21H17F8N5O2S. The van der Waals surface area contributed by atoms with Crippen molar-refractivity contribution in [3.8, 4) is 17.3 Å². The largest absolute Gasteiger partial charge is 0.484 e. The summed E-state index contributed by atoms with van der Waals surface area (Å²) in [6, 6.07) is 6.13. The fourth-order valence-electron chi connectivity index (χ4n) is 3.19. The van der Waals surface area contributed by atoms with Crippen molar-refractivity contribution in [2.24, 2.45) is 0 Å². The van der Waals surface area contributed by atoms with Crippen molar-refractivity contribution < 1.29 is 44.7 Å². The summed E-state index contributed by atoms with van der Waals surface area (Å²) in [5.74, 6) is -2.24. The molecule has 0 aliphatic heterocycles. The lowest BCUT2D eigenvalue weighted by atomic mass is 10.2. The first kappa shape index (κ1) is 28.0. The van der Waals surface area contributed by atoms with Crippen LogP contribution in [0.25, 0.3) is 11.5 Å². The molecule has 0 aliphatic carbocycles. The molecule has 2 aromatic heterocycles. The van der Waals surface area contributed by atoms with Gasteiger partial charge in [-0.25, -0.2) is 23.7 Å². The van der Waals surface area contributed by atoms with Crippen LogP contribution in [-0.4, -0.2) is 49.9 Å². The highest BCUT2D eigenvalue weighted by atomic mass is 32.3. The van der Waals surface area contributed by atoms with Gasteiger partial charge in [0.1, 0.15) is 12.3 Å². The summed E-state index contributed by atoms with van der Waals surface area (Å²) in [4.78, 5) is 27.6. The van der Waals surface area contributed by atoms with Gasteiger partial charge in [0.2, 0.25) is 0 Å². The zero-order chi connectivity index (χ0) is 27.4. The molecule has 3 rings (SSSR count). The van der Waals surface area contributed by atoms with Gasteiger partial charge in [0.25, 0.3) is 12.3 Å². The number of ether oxygens (including phenoxy) is 1. The van der Waals surface area contributed by atoms with Crippen LogP contribution in [0.15, 0.2) is 55.1 Å². The van der Waals surface area contributed by atoms with Crippen molar-refractivity contribution in [1.82, 2.24) is 24.7 Å². The van der Waals surface area contributed by atoms with Crippen LogP contribution in [0.5, 0.6) is 5.75 Å². The van der Waals surface area contributed by atoms with Gasteiger partial charge in [-0.3, -0.25) is 14.5 Å². The van der Waals surface area contributed by atoms with Gasteiger partial charge in [0.05, 0.1) is 23.3 Å². The van der Waals surface area contributed by atoms with Crippen LogP contribution in [0.4, 0.5) is 35.1 Å². The van der Waals surface area contributed by atoms with Crippen LogP contribution in [0, 0.1) is 0 Å². The third kappa shape index (κ3) is 5.89. The summed E-state index contributed by atoms with van der Waals surface area (Å²) in [5, 5.41) is -2.50. The molecule has 0 aliphatic rings. The van der Waals surface area contributed by atoms with Gasteiger partial charge in [0, 0.05) is 28.2 Å². The van der Waals surface area contributed by atoms with E-state index >= 15 is 0 Å². The summed E-state index contributed by atoms with van der Waals surface area (Å²) in [5.41, 5.74) is -13.7. The molecule has 0 bridgehead atoms. The maximum atomic E-state index is 14.4. The molecule has 1 N–H and O–H groups in total. The molecule has 0 saturated heterocycles. The topological polar surface area (TPSA) is 89.9 Å². The smallest absolute Gasteiger partial charge is 0.449 e. The predicted molar refractivity (Wildman–Crippen MR) is 117 cm³/mol. The van der Waals surface area contributed by atoms with E-state index in [0.29, 0.717) is 6.92 Å². The average molecular weight is 555 g/mol. The van der Waals surface area contributed by atoms with E-state index in [1.165, 1.54) is 22.9 Å². The van der Waals surface area contributed by atoms with E-state index < -0.39 is 68.2 Å². The van der Waals surface area contributed by atoms with Crippen molar-refractivity contribution in [3.05, 3.63) is 66.4 Å². The lowest BCUT2D eigenvalue weighted by Crippen LogP contribution is -2.47. The molecule has 1 unspecified atom stereocenters. The molecule has 200 valence electrons. The van der Waals surface area contributed by atoms with Gasteiger partial charge < -0.3 is 4.74 Å². The first-order valence-electron chi connectivity index (χ1n) is 10.1. The van der Waals surface area contributed by atoms with E-state index in [-0.39, 0.29) is 5.75 Å². The minimum Gasteiger partial charge on any atom is -0.484 e. The number of hydrogen-bond acceptors (Lipinski definition) is 6. The van der Waals surface area contributed by atoms with Gasteiger partial charge in [-0.15, -0.1) is 0 Å². The summed E-state index contributed by atoms with van der Waals surface area (Å²) in [6.07, 6.45) is 0.874. The number of halogens is 8. The highest BCUT2D eigenvalue weighted by Gasteiger charge is 2.70. The number of rotatable bonds is 8. The Kier molecular flexibility index (Phi) is 8.19. The summed E-state index contributed by atoms with van der Waals surface area (Å²) in [6.45, 7) is -0.366. The highest BCUT2D eigenvalue weighted by Crippen LogP contribution is 2.76. The highest BCUT2D eigenvalue weighted by molar-refractivity contribution is 8.34. The molecule has 16 heteroatoms. The Balaban J connectivity index is 2.10. The van der Waals surface area contributed by atoms with Crippen molar-refractivity contribution in [3.63, 3.8) is 0 Å². The minimum absolute atomic E-state index is 0.219. The maximum absolute atomic E-state index is 14.4. The van der Waals surface area contributed by atoms with Crippen molar-refractivity contribution in [1.29, 1.82) is 0 Å². The fourth-order valence-corrected chi connectivity index (χ4v) is 5.58. The number of hydrogen-bond donors (Lipinski definition) is 1. The van der Waals surface area contributed by atoms with E-state index in [4.69, 9.17) is 4.74 Å². The zero-order valence-electron chi connectivity index (χ0n) is 18.6. The van der Waals surface area contributed by atoms with Gasteiger partial charge in [-0.2, -0.15) is 26.3 Å². The predicted octanol–water partition coefficient (Wildman–Crippen LogP) is 5.83. The van der Waals surface area contributed by atoms with Gasteiger partial charge >= 0.3 is 11.0 Å². The van der Waals surface area contributed by atoms with Crippen molar-refractivity contribution >= 4 is 16.1 Å². The lowest BCUT2D eigenvalue weighted by molar-refractivity contribution is -0.0826. The number of carbonyl (C=O) groups is 1. The Bertz CT molecular complexity index is 1200. The van der Waals surface area contributed by atoms with Crippen LogP contribution in [-0.2, 0) is 0 Å². The van der Waals surface area contributed by atoms with Gasteiger partial charge in [-0.1, -0.05) is 18.2 Å². The molecule has 0 fully saturated rings. The Hall–Kier alpha value is -3.56. The van der Waals surface area contributed by atoms with Crippen LogP contribution >= 0.6 is 10.2 Å². The number of carbonyl (C=O) groups excluding carboxylic acids is 1. The monoisotopic (exact) mass is 555 g/mol. The number of benzene rings is 1. The number of nitrogens with one attached hydrogen (secondary N) is 1. The van der Waals surface area contributed by atoms with Crippen LogP contribution in [0.2, 0.25) is 0 Å². The molecule has 3 aromatic rings. The number of nitrogens with zero attached hydrogens (tertiary/aromatic N) is 4. The molecule has 2 heterocycles. The first-order valence-corrected chi connectivity index (χ1v) is 11.8. The van der Waals surface area contributed by atoms with Crippen LogP contribution in [0.3, 0.4) is 0 Å². The number of alkyl halides is 8. The van der Waals surface area contributed by atoms with Crippen LogP contribution in [0.1, 0.15) is 28.2 Å². The summed E-state index contributed by atoms with van der Waals surface area (Å²) < 4.78 is 117. The Morgan fingerprint density at radius 1 is 0.946 bits per heavy atom. The maximum Gasteiger partial charge on any atom is 0.449 e. The lowest BCUT2D eigenvalue weighted by Gasteiger charge is -2.46. The van der Waals surface area contributed by atoms with Crippen molar-refractivity contribution in [2.75, 3.05) is 6.61 Å². The average Bonchev–Trinajstić information content (AvgIpc) is 2.85. The molecule has 7 nitrogen and oxygen atoms in total. The normalized spacial score (nSPS) is 13.8. The molecule has 0 saturated carbocycles. The Labute approximate surface area is 205 Å². The second-order valence-electron chi connectivity index (χ2n) is 7.23. The van der Waals surface area contributed by atoms with Crippen LogP contribution < -0.4 is 9.46 Å². The molecule has 0 radical (unpaired) electrons. The fraction of sp³-hybridized carbons (Fsp3) is 0.286. The molecule has 1 aromatic carbocycles. The van der Waals surface area contributed by atoms with E-state index in [1.54, 1.807) is 0 Å². The Morgan fingerprint density at radius 3 is 2.05 bits per heavy atom. The van der Waals surface area contributed by atoms with E-state index in [1.807, 2.05) is 0 Å². The SMILES string of the molecule is CC(c1nccnc1-c1ncc(OCC(F)F)cn1)S(NC(=O)c1ccccc1)(C(F)(F)F)C(F)(F)F. The Morgan fingerprint density at radius 2 is 1.51 bits per heavy atom. The number of aromatic nitrogens is 4. The number of amides is 1. The minimum atomic E-state index is -6.03. The third-order valence-corrected chi connectivity index (χ3v) is 8.13. The molecule has 37 heavy (non-hydrogen) atoms. The van der Waals surface area contributed by atoms with Gasteiger partial charge in [-0.05, 0) is 19.1 Å². The van der Waals surface area contributed by atoms with E-state index in [0.717, 1.165) is 36.9 Å². The third-order valence-electron chi connectivity index (χ3n) is 4.88. The summed E-state index contributed by atoms with van der Waals surface area (Å²) >= 11 is 0. The quantitative estimate of drug-likeness (QED) is 0.352. The molecule has 1 amide bonds. The molecule has 1 atom stereocenters. The molecular weight excluding hydrogens is 538 g/mol. The molecule has 0 spiro atoms. The van der Waals surface area contributed by atoms with E-state index in [9.17, 15) is 39.9 Å². The first-order chi connectivity index (χ1) is 17.3.